The Morgan fingerprint density at radius 3 is 2.33 bits per heavy atom. The SMILES string of the molecule is CCC(=[NH2+])SC. The van der Waals surface area contributed by atoms with Gasteiger partial charge in [-0.05, 0) is 6.26 Å². The van der Waals surface area contributed by atoms with Gasteiger partial charge in [-0.3, -0.25) is 5.41 Å². The van der Waals surface area contributed by atoms with E-state index in [2.05, 4.69) is 0 Å². The van der Waals surface area contributed by atoms with Crippen molar-refractivity contribution >= 4 is 16.8 Å². The predicted molar refractivity (Wildman–Crippen MR) is 30.7 cm³/mol. The average Bonchev–Trinajstić information content (AvgIpc) is 1.65. The topological polar surface area (TPSA) is 25.6 Å². The highest BCUT2D eigenvalue weighted by Gasteiger charge is 1.89. The quantitative estimate of drug-likeness (QED) is 0.365. The second-order valence-corrected chi connectivity index (χ2v) is 1.96. The van der Waals surface area contributed by atoms with Crippen molar-refractivity contribution in [3.63, 3.8) is 0 Å². The third kappa shape index (κ3) is 2.27. The van der Waals surface area contributed by atoms with Crippen molar-refractivity contribution in [2.24, 2.45) is 0 Å². The first-order valence-electron chi connectivity index (χ1n) is 1.96. The third-order valence-corrected chi connectivity index (χ3v) is 1.42. The molecule has 2 heteroatoms. The molecule has 0 amide bonds. The molecule has 0 atom stereocenters. The molecule has 0 bridgehead atoms. The molecule has 0 fully saturated rings. The zero-order valence-corrected chi connectivity index (χ0v) is 5.01. The Labute approximate surface area is 42.6 Å². The van der Waals surface area contributed by atoms with Crippen LogP contribution in [0.1, 0.15) is 13.3 Å². The maximum Gasteiger partial charge on any atom is 0.206 e. The van der Waals surface area contributed by atoms with Crippen molar-refractivity contribution in [1.82, 2.24) is 0 Å². The minimum atomic E-state index is 0.987. The molecule has 0 aromatic heterocycles. The van der Waals surface area contributed by atoms with Crippen LogP contribution in [0.15, 0.2) is 0 Å². The Kier molecular flexibility index (Phi) is 3.23. The summed E-state index contributed by atoms with van der Waals surface area (Å²) in [4.78, 5) is 0. The summed E-state index contributed by atoms with van der Waals surface area (Å²) in [6.07, 6.45) is 2.97. The smallest absolute Gasteiger partial charge is 0.206 e. The highest BCUT2D eigenvalue weighted by molar-refractivity contribution is 8.13. The highest BCUT2D eigenvalue weighted by atomic mass is 32.2. The van der Waals surface area contributed by atoms with E-state index in [4.69, 9.17) is 5.41 Å². The van der Waals surface area contributed by atoms with E-state index in [0.717, 1.165) is 11.5 Å². The van der Waals surface area contributed by atoms with Crippen molar-refractivity contribution in [3.8, 4) is 0 Å². The zero-order valence-electron chi connectivity index (χ0n) is 4.19. The maximum absolute atomic E-state index is 5.35. The molecule has 0 spiro atoms. The van der Waals surface area contributed by atoms with Crippen LogP contribution in [0.5, 0.6) is 0 Å². The Hall–Kier alpha value is 0.0200. The number of hydrogen-bond acceptors (Lipinski definition) is 1. The van der Waals surface area contributed by atoms with Crippen LogP contribution in [0.4, 0.5) is 0 Å². The first-order valence-corrected chi connectivity index (χ1v) is 3.19. The number of thioether (sulfide) groups is 1. The van der Waals surface area contributed by atoms with Crippen LogP contribution in [0.25, 0.3) is 0 Å². The first kappa shape index (κ1) is 6.02. The van der Waals surface area contributed by atoms with Crippen molar-refractivity contribution in [3.05, 3.63) is 0 Å². The van der Waals surface area contributed by atoms with E-state index in [9.17, 15) is 0 Å². The number of nitrogens with two attached hydrogens (primary N) is 1. The van der Waals surface area contributed by atoms with Crippen molar-refractivity contribution in [2.75, 3.05) is 6.26 Å². The normalized spacial score (nSPS) is 8.33. The molecule has 1 nitrogen and oxygen atoms in total. The van der Waals surface area contributed by atoms with Gasteiger partial charge in [-0.1, -0.05) is 18.7 Å². The van der Waals surface area contributed by atoms with E-state index in [-0.39, 0.29) is 0 Å². The largest absolute Gasteiger partial charge is 0.252 e. The molecular weight excluding hydrogens is 94.1 g/mol. The van der Waals surface area contributed by atoms with E-state index in [1.54, 1.807) is 11.8 Å². The minimum Gasteiger partial charge on any atom is -0.252 e. The fourth-order valence-corrected chi connectivity index (χ4v) is 0.433. The van der Waals surface area contributed by atoms with Crippen LogP contribution in [0, 0.1) is 0 Å². The van der Waals surface area contributed by atoms with E-state index in [0.29, 0.717) is 0 Å². The van der Waals surface area contributed by atoms with Gasteiger partial charge in [0.05, 0.1) is 0 Å². The molecule has 0 aliphatic heterocycles. The molecular formula is C4H10NS+. The highest BCUT2D eigenvalue weighted by Crippen LogP contribution is 1.92. The second kappa shape index (κ2) is 3.22. The van der Waals surface area contributed by atoms with Gasteiger partial charge < -0.3 is 0 Å². The van der Waals surface area contributed by atoms with Gasteiger partial charge in [-0.25, -0.2) is 0 Å². The standard InChI is InChI=1S/C4H9NS/c1-3-4(5)6-2/h5H,3H2,1-2H3/p+1. The summed E-state index contributed by atoms with van der Waals surface area (Å²) in [7, 11) is 0. The summed E-state index contributed by atoms with van der Waals surface area (Å²) in [5.74, 6) is 0. The van der Waals surface area contributed by atoms with Gasteiger partial charge in [0.2, 0.25) is 5.04 Å². The van der Waals surface area contributed by atoms with E-state index < -0.39 is 0 Å². The summed E-state index contributed by atoms with van der Waals surface area (Å²) in [6.45, 7) is 2.05. The molecule has 0 rings (SSSR count). The Balaban J connectivity index is 2.99. The van der Waals surface area contributed by atoms with Crippen LogP contribution in [0.3, 0.4) is 0 Å². The molecule has 0 saturated heterocycles. The summed E-state index contributed by atoms with van der Waals surface area (Å²) >= 11 is 1.62. The van der Waals surface area contributed by atoms with E-state index in [1.807, 2.05) is 13.2 Å². The Bertz CT molecular complexity index is 45.5. The predicted octanol–water partition coefficient (Wildman–Crippen LogP) is -0.0830. The van der Waals surface area contributed by atoms with Crippen molar-refractivity contribution in [2.45, 2.75) is 13.3 Å². The lowest BCUT2D eigenvalue weighted by Gasteiger charge is -1.79. The van der Waals surface area contributed by atoms with Gasteiger partial charge in [0.1, 0.15) is 0 Å². The number of hydrogen-bond donors (Lipinski definition) is 1. The van der Waals surface area contributed by atoms with Gasteiger partial charge in [0, 0.05) is 6.42 Å². The second-order valence-electron chi connectivity index (χ2n) is 1.02. The van der Waals surface area contributed by atoms with Crippen LogP contribution in [0.2, 0.25) is 0 Å². The van der Waals surface area contributed by atoms with Crippen molar-refractivity contribution in [1.29, 1.82) is 0 Å². The molecule has 0 radical (unpaired) electrons. The molecule has 0 aromatic rings. The third-order valence-electron chi connectivity index (χ3n) is 0.611. The van der Waals surface area contributed by atoms with Crippen LogP contribution >= 0.6 is 11.8 Å². The first-order chi connectivity index (χ1) is 2.81. The van der Waals surface area contributed by atoms with E-state index >= 15 is 0 Å². The lowest BCUT2D eigenvalue weighted by Crippen LogP contribution is -2.36. The minimum absolute atomic E-state index is 0.987. The van der Waals surface area contributed by atoms with Crippen LogP contribution in [-0.2, 0) is 0 Å². The maximum atomic E-state index is 5.35. The summed E-state index contributed by atoms with van der Waals surface area (Å²) < 4.78 is 0. The van der Waals surface area contributed by atoms with Gasteiger partial charge in [0.15, 0.2) is 0 Å². The molecule has 0 heterocycles. The molecule has 0 aromatic carbocycles. The van der Waals surface area contributed by atoms with Gasteiger partial charge in [-0.15, -0.1) is 0 Å². The molecule has 2 N–H and O–H groups in total. The fraction of sp³-hybridized carbons (Fsp3) is 0.750. The van der Waals surface area contributed by atoms with Gasteiger partial charge in [-0.2, -0.15) is 0 Å². The molecule has 0 aliphatic rings. The number of rotatable bonds is 1. The van der Waals surface area contributed by atoms with E-state index in [1.165, 1.54) is 0 Å². The summed E-state index contributed by atoms with van der Waals surface area (Å²) in [5.41, 5.74) is 0. The zero-order chi connectivity index (χ0) is 4.99. The summed E-state index contributed by atoms with van der Waals surface area (Å²) in [5, 5.41) is 6.36. The van der Waals surface area contributed by atoms with Gasteiger partial charge >= 0.3 is 0 Å². The molecule has 6 heavy (non-hydrogen) atoms. The fourth-order valence-electron chi connectivity index (χ4n) is 0.144. The molecule has 36 valence electrons. The lowest BCUT2D eigenvalue weighted by atomic mass is 10.5. The Morgan fingerprint density at radius 2 is 2.33 bits per heavy atom. The van der Waals surface area contributed by atoms with Crippen molar-refractivity contribution < 1.29 is 5.41 Å². The van der Waals surface area contributed by atoms with Gasteiger partial charge in [0.25, 0.3) is 0 Å². The average molecular weight is 104 g/mol. The molecule has 0 saturated carbocycles. The molecule has 0 aliphatic carbocycles. The van der Waals surface area contributed by atoms with Crippen LogP contribution < -0.4 is 5.41 Å². The Morgan fingerprint density at radius 1 is 1.83 bits per heavy atom. The summed E-state index contributed by atoms with van der Waals surface area (Å²) in [6, 6.07) is 0. The monoisotopic (exact) mass is 104 g/mol. The van der Waals surface area contributed by atoms with Crippen LogP contribution in [-0.4, -0.2) is 11.3 Å². The lowest BCUT2D eigenvalue weighted by molar-refractivity contribution is -0.110. The molecule has 0 unspecified atom stereocenters.